The van der Waals surface area contributed by atoms with Crippen LogP contribution in [0.15, 0.2) is 121 Å². The molecule has 4 aromatic rings. The molecule has 11 atom stereocenters. The number of carbonyl (C=O) groups is 2. The largest absolute Gasteiger partial charge is 0.469 e. The lowest BCUT2D eigenvalue weighted by Gasteiger charge is -2.51. The fraction of sp³-hybridized carbons (Fsp3) is 0.509. The van der Waals surface area contributed by atoms with Crippen molar-refractivity contribution in [1.29, 1.82) is 0 Å². The Morgan fingerprint density at radius 1 is 0.582 bits per heavy atom. The third-order valence-corrected chi connectivity index (χ3v) is 12.1. The third kappa shape index (κ3) is 15.0. The monoisotopic (exact) mass is 926 g/mol. The van der Waals surface area contributed by atoms with Gasteiger partial charge in [0.05, 0.1) is 40.1 Å². The number of methoxy groups -OCH3 is 2. The molecule has 1 unspecified atom stereocenters. The number of hydrogen-bond acceptors (Lipinski definition) is 14. The van der Waals surface area contributed by atoms with Crippen LogP contribution in [0.25, 0.3) is 0 Å². The second-order valence-electron chi connectivity index (χ2n) is 17.0. The molecule has 14 heteroatoms. The Balaban J connectivity index is 1.18. The van der Waals surface area contributed by atoms with Gasteiger partial charge < -0.3 is 56.8 Å². The van der Waals surface area contributed by atoms with Crippen molar-refractivity contribution in [3.63, 3.8) is 0 Å². The van der Waals surface area contributed by atoms with Crippen molar-refractivity contribution >= 4 is 11.9 Å². The minimum Gasteiger partial charge on any atom is -0.469 e. The molecule has 0 saturated carbocycles. The highest BCUT2D eigenvalue weighted by Gasteiger charge is 2.56. The van der Waals surface area contributed by atoms with Crippen molar-refractivity contribution in [2.24, 2.45) is 0 Å². The standard InChI is InChI=1S/C53H66O14/c1-37(54)63-48-46-43(36-62-51(66-46)41-28-18-11-19-29-41)64-52(59-31-21-7-5-4-6-20-30-44(55)56-2)50(48)67-53-49(61-34-40-26-16-10-17-27-40)47(60-33-39-24-14-9-15-25-39)45(57-3)42(65-53)35-58-32-38-22-12-8-13-23-38/h8-19,22-29,42-43,45-53H,4-7,20-21,30-36H2,1-3H3/t42-,43-,45-,46-,47+,48+,49-,50-,51?,52+,53-/m1/s1. The summed E-state index contributed by atoms with van der Waals surface area (Å²) in [6.07, 6.45) is -3.81. The second kappa shape index (κ2) is 26.8. The molecule has 0 spiro atoms. The fourth-order valence-electron chi connectivity index (χ4n) is 8.64. The molecule has 3 aliphatic rings. The van der Waals surface area contributed by atoms with Gasteiger partial charge in [0.25, 0.3) is 0 Å². The van der Waals surface area contributed by atoms with Crippen molar-refractivity contribution in [2.75, 3.05) is 34.0 Å². The van der Waals surface area contributed by atoms with Crippen LogP contribution in [0.3, 0.4) is 0 Å². The molecular weight excluding hydrogens is 861 g/mol. The molecule has 3 heterocycles. The lowest BCUT2D eigenvalue weighted by atomic mass is 9.95. The van der Waals surface area contributed by atoms with E-state index in [0.29, 0.717) is 19.6 Å². The van der Waals surface area contributed by atoms with Gasteiger partial charge in [0.15, 0.2) is 31.1 Å². The minimum atomic E-state index is -1.15. The molecule has 0 N–H and O–H groups in total. The third-order valence-electron chi connectivity index (χ3n) is 12.1. The van der Waals surface area contributed by atoms with E-state index in [0.717, 1.165) is 60.8 Å². The average molecular weight is 927 g/mol. The maximum atomic E-state index is 13.1. The first-order valence-electron chi connectivity index (χ1n) is 23.5. The van der Waals surface area contributed by atoms with Crippen LogP contribution in [-0.4, -0.2) is 107 Å². The Bertz CT molecular complexity index is 2010. The summed E-state index contributed by atoms with van der Waals surface area (Å²) in [7, 11) is 3.03. The van der Waals surface area contributed by atoms with E-state index >= 15 is 0 Å². The van der Waals surface area contributed by atoms with Gasteiger partial charge in [-0.3, -0.25) is 9.59 Å². The van der Waals surface area contributed by atoms with Gasteiger partial charge in [0.1, 0.15) is 36.6 Å². The first-order valence-corrected chi connectivity index (χ1v) is 23.5. The zero-order chi connectivity index (χ0) is 46.6. The van der Waals surface area contributed by atoms with Crippen molar-refractivity contribution in [3.05, 3.63) is 144 Å². The van der Waals surface area contributed by atoms with Crippen LogP contribution in [0, 0.1) is 0 Å². The molecule has 3 aliphatic heterocycles. The van der Waals surface area contributed by atoms with E-state index in [1.54, 1.807) is 7.11 Å². The maximum absolute atomic E-state index is 13.1. The zero-order valence-corrected chi connectivity index (χ0v) is 38.8. The summed E-state index contributed by atoms with van der Waals surface area (Å²) in [5.41, 5.74) is 3.69. The Kier molecular flexibility index (Phi) is 20.1. The predicted molar refractivity (Wildman–Crippen MR) is 245 cm³/mol. The van der Waals surface area contributed by atoms with Crippen LogP contribution in [-0.2, 0) is 86.3 Å². The summed E-state index contributed by atoms with van der Waals surface area (Å²) in [5, 5.41) is 0. The van der Waals surface area contributed by atoms with Crippen LogP contribution >= 0.6 is 0 Å². The molecule has 0 amide bonds. The number of benzene rings is 4. The van der Waals surface area contributed by atoms with Crippen LogP contribution in [0.2, 0.25) is 0 Å². The number of carbonyl (C=O) groups excluding carboxylic acids is 2. The Morgan fingerprint density at radius 2 is 1.16 bits per heavy atom. The Hall–Kier alpha value is -4.58. The van der Waals surface area contributed by atoms with Crippen LogP contribution in [0.1, 0.15) is 80.4 Å². The van der Waals surface area contributed by atoms with Crippen LogP contribution in [0.5, 0.6) is 0 Å². The summed E-state index contributed by atoms with van der Waals surface area (Å²) in [4.78, 5) is 24.7. The highest BCUT2D eigenvalue weighted by molar-refractivity contribution is 5.69. The van der Waals surface area contributed by atoms with Gasteiger partial charge >= 0.3 is 11.9 Å². The molecule has 14 nitrogen and oxygen atoms in total. The fourth-order valence-corrected chi connectivity index (χ4v) is 8.64. The molecule has 0 bridgehead atoms. The highest BCUT2D eigenvalue weighted by atomic mass is 16.8. The van der Waals surface area contributed by atoms with Gasteiger partial charge in [-0.25, -0.2) is 0 Å². The molecule has 362 valence electrons. The number of fused-ring (bicyclic) bond motifs is 1. The topological polar surface area (TPSA) is 145 Å². The van der Waals surface area contributed by atoms with E-state index in [2.05, 4.69) is 0 Å². The van der Waals surface area contributed by atoms with Gasteiger partial charge in [-0.1, -0.05) is 147 Å². The zero-order valence-electron chi connectivity index (χ0n) is 38.8. The Morgan fingerprint density at radius 3 is 1.78 bits per heavy atom. The minimum absolute atomic E-state index is 0.130. The van der Waals surface area contributed by atoms with Crippen molar-refractivity contribution in [2.45, 2.75) is 139 Å². The number of ether oxygens (including phenoxy) is 12. The van der Waals surface area contributed by atoms with E-state index in [1.165, 1.54) is 14.0 Å². The molecule has 0 radical (unpaired) electrons. The van der Waals surface area contributed by atoms with Crippen LogP contribution in [0.4, 0.5) is 0 Å². The van der Waals surface area contributed by atoms with Gasteiger partial charge in [0, 0.05) is 32.6 Å². The lowest BCUT2D eigenvalue weighted by molar-refractivity contribution is -0.397. The smallest absolute Gasteiger partial charge is 0.305 e. The quantitative estimate of drug-likeness (QED) is 0.0465. The predicted octanol–water partition coefficient (Wildman–Crippen LogP) is 8.19. The molecule has 3 saturated heterocycles. The summed E-state index contributed by atoms with van der Waals surface area (Å²) in [6.45, 7) is 2.75. The maximum Gasteiger partial charge on any atom is 0.305 e. The number of hydrogen-bond donors (Lipinski definition) is 0. The van der Waals surface area contributed by atoms with Crippen LogP contribution < -0.4 is 0 Å². The number of esters is 2. The van der Waals surface area contributed by atoms with E-state index in [4.69, 9.17) is 56.8 Å². The average Bonchev–Trinajstić information content (AvgIpc) is 3.36. The van der Waals surface area contributed by atoms with Crippen molar-refractivity contribution in [3.8, 4) is 0 Å². The summed E-state index contributed by atoms with van der Waals surface area (Å²) in [6, 6.07) is 39.2. The van der Waals surface area contributed by atoms with Gasteiger partial charge in [-0.2, -0.15) is 0 Å². The SMILES string of the molecule is COC(=O)CCCCCCCCO[C@H]1O[C@@H]2COC(c3ccccc3)O[C@H]2[C@H](OC(C)=O)[C@H]1O[C@H]1O[C@H](COCc2ccccc2)[C@@H](OC)[C@H](OCc2ccccc2)[C@H]1OCc1ccccc1. The summed E-state index contributed by atoms with van der Waals surface area (Å²) in [5.74, 6) is -0.724. The van der Waals surface area contributed by atoms with E-state index in [-0.39, 0.29) is 32.4 Å². The van der Waals surface area contributed by atoms with Gasteiger partial charge in [-0.15, -0.1) is 0 Å². The van der Waals surface area contributed by atoms with E-state index in [1.807, 2.05) is 121 Å². The summed E-state index contributed by atoms with van der Waals surface area (Å²) < 4.78 is 77.4. The number of rotatable bonds is 25. The van der Waals surface area contributed by atoms with Crippen molar-refractivity contribution in [1.82, 2.24) is 0 Å². The molecule has 4 aromatic carbocycles. The molecular formula is C53H66O14. The normalized spacial score (nSPS) is 27.2. The molecule has 7 rings (SSSR count). The highest BCUT2D eigenvalue weighted by Crippen LogP contribution is 2.39. The van der Waals surface area contributed by atoms with Gasteiger partial charge in [-0.05, 0) is 29.5 Å². The van der Waals surface area contributed by atoms with Crippen molar-refractivity contribution < 1.29 is 66.4 Å². The summed E-state index contributed by atoms with van der Waals surface area (Å²) >= 11 is 0. The first-order chi connectivity index (χ1) is 32.9. The molecule has 0 aliphatic carbocycles. The second-order valence-corrected chi connectivity index (χ2v) is 17.0. The molecule has 67 heavy (non-hydrogen) atoms. The Labute approximate surface area is 394 Å². The van der Waals surface area contributed by atoms with E-state index in [9.17, 15) is 9.59 Å². The number of unbranched alkanes of at least 4 members (excludes halogenated alkanes) is 5. The van der Waals surface area contributed by atoms with Gasteiger partial charge in [0.2, 0.25) is 0 Å². The molecule has 3 fully saturated rings. The van der Waals surface area contributed by atoms with E-state index < -0.39 is 73.7 Å². The first kappa shape index (κ1) is 50.3. The molecule has 0 aromatic heterocycles. The lowest BCUT2D eigenvalue weighted by Crippen LogP contribution is -2.67.